The van der Waals surface area contributed by atoms with Gasteiger partial charge in [-0.05, 0) is 148 Å². The Balaban J connectivity index is 1.31. The Morgan fingerprint density at radius 2 is 1.62 bits per heavy atom. The molecular weight excluding hydrogens is 572 g/mol. The maximum Gasteiger partial charge on any atom is 0.305 e. The number of carbonyl (C=O) groups is 1. The molecular formula is C45H30O2. The van der Waals surface area contributed by atoms with Crippen LogP contribution in [0, 0.1) is 12.3 Å². The second-order valence-corrected chi connectivity index (χ2v) is 15.4. The van der Waals surface area contributed by atoms with Gasteiger partial charge in [-0.25, -0.2) is 0 Å². The Labute approximate surface area is 272 Å². The van der Waals surface area contributed by atoms with Crippen molar-refractivity contribution in [1.82, 2.24) is 0 Å². The average molecular weight is 603 g/mol. The van der Waals surface area contributed by atoms with Crippen molar-refractivity contribution in [2.75, 3.05) is 7.11 Å². The molecule has 6 aromatic rings. The van der Waals surface area contributed by atoms with Crippen molar-refractivity contribution < 1.29 is 9.53 Å². The number of allylic oxidation sites excluding steroid dienone is 3. The zero-order valence-electron chi connectivity index (χ0n) is 26.5. The maximum atomic E-state index is 12.6. The first-order valence-corrected chi connectivity index (χ1v) is 17.3. The summed E-state index contributed by atoms with van der Waals surface area (Å²) in [6, 6.07) is 18.9. The van der Waals surface area contributed by atoms with Gasteiger partial charge in [0.1, 0.15) is 0 Å². The molecule has 3 atom stereocenters. The zero-order valence-corrected chi connectivity index (χ0v) is 26.5. The lowest BCUT2D eigenvalue weighted by Crippen LogP contribution is -2.25. The third-order valence-electron chi connectivity index (χ3n) is 14.0. The number of benzene rings is 6. The van der Waals surface area contributed by atoms with Gasteiger partial charge in [-0.2, -0.15) is 0 Å². The van der Waals surface area contributed by atoms with Crippen LogP contribution in [0.4, 0.5) is 0 Å². The van der Waals surface area contributed by atoms with Gasteiger partial charge in [-0.3, -0.25) is 4.79 Å². The average Bonchev–Trinajstić information content (AvgIpc) is 3.59. The molecule has 1 spiro atoms. The molecule has 7 aliphatic carbocycles. The normalized spacial score (nSPS) is 25.8. The molecule has 0 N–H and O–H groups in total. The Kier molecular flexibility index (Phi) is 3.61. The summed E-state index contributed by atoms with van der Waals surface area (Å²) in [5.74, 6) is -0.115. The summed E-state index contributed by atoms with van der Waals surface area (Å²) in [4.78, 5) is 12.6. The molecule has 0 aliphatic heterocycles. The van der Waals surface area contributed by atoms with Crippen LogP contribution in [0.2, 0.25) is 0 Å². The second kappa shape index (κ2) is 6.99. The fourth-order valence-corrected chi connectivity index (χ4v) is 13.0. The number of esters is 1. The Morgan fingerprint density at radius 3 is 2.45 bits per heavy atom. The molecule has 7 aliphatic rings. The highest BCUT2D eigenvalue weighted by Gasteiger charge is 2.89. The molecule has 0 amide bonds. The van der Waals surface area contributed by atoms with E-state index in [4.69, 9.17) is 4.74 Å². The predicted molar refractivity (Wildman–Crippen MR) is 191 cm³/mol. The van der Waals surface area contributed by atoms with Gasteiger partial charge in [0.2, 0.25) is 0 Å². The molecule has 222 valence electrons. The molecule has 1 fully saturated rings. The standard InChI is InChI=1S/C45H30O2/c1-4-22-16-25-18-26-17-23-12-14-43-20-27-19-24-15-21(2)30-31(22)37-32(25)33(26)39-40-38(37)36(30)34(24)35(27)42(40)45(43,41(23)39)44(43,13-8-11-29(46)47-3)28-9-6-5-7-10-28/h4-7,9-10,12,14-17,20H,1,8,11,13,18-19H2,2-3H3. The molecule has 2 nitrogen and oxygen atoms in total. The van der Waals surface area contributed by atoms with Crippen molar-refractivity contribution in [2.45, 2.75) is 49.9 Å². The van der Waals surface area contributed by atoms with Crippen LogP contribution >= 0.6 is 0 Å². The maximum absolute atomic E-state index is 12.6. The summed E-state index contributed by atoms with van der Waals surface area (Å²) in [5.41, 5.74) is 18.4. The van der Waals surface area contributed by atoms with Gasteiger partial charge in [-0.15, -0.1) is 0 Å². The van der Waals surface area contributed by atoms with Crippen molar-refractivity contribution in [3.63, 3.8) is 0 Å². The van der Waals surface area contributed by atoms with Gasteiger partial charge in [0, 0.05) is 22.7 Å². The van der Waals surface area contributed by atoms with Gasteiger partial charge < -0.3 is 4.74 Å². The Hall–Kier alpha value is -4.95. The van der Waals surface area contributed by atoms with Crippen molar-refractivity contribution in [2.24, 2.45) is 5.41 Å². The highest BCUT2D eigenvalue weighted by molar-refractivity contribution is 6.46. The van der Waals surface area contributed by atoms with Crippen LogP contribution in [0.3, 0.4) is 0 Å². The van der Waals surface area contributed by atoms with Gasteiger partial charge in [-0.1, -0.05) is 79.4 Å². The molecule has 0 bridgehead atoms. The van der Waals surface area contributed by atoms with E-state index in [0.717, 1.165) is 25.7 Å². The van der Waals surface area contributed by atoms with Gasteiger partial charge in [0.05, 0.1) is 7.11 Å². The molecule has 0 radical (unpaired) electrons. The third kappa shape index (κ3) is 2.02. The summed E-state index contributed by atoms with van der Waals surface area (Å²) in [5, 5.41) is 12.1. The molecule has 2 heteroatoms. The molecule has 0 saturated heterocycles. The van der Waals surface area contributed by atoms with E-state index < -0.39 is 0 Å². The van der Waals surface area contributed by atoms with Crippen LogP contribution < -0.4 is 0 Å². The third-order valence-corrected chi connectivity index (χ3v) is 14.0. The number of ether oxygens (including phenoxy) is 1. The molecule has 1 saturated carbocycles. The summed E-state index contributed by atoms with van der Waals surface area (Å²) < 4.78 is 5.17. The summed E-state index contributed by atoms with van der Waals surface area (Å²) in [6.45, 7) is 6.70. The van der Waals surface area contributed by atoms with Gasteiger partial charge in [0.15, 0.2) is 0 Å². The first-order chi connectivity index (χ1) is 23.0. The number of methoxy groups -OCH3 is 1. The lowest BCUT2D eigenvalue weighted by Gasteiger charge is -2.31. The number of hydrogen-bond acceptors (Lipinski definition) is 2. The largest absolute Gasteiger partial charge is 0.469 e. The SMILES string of the molecule is C=Cc1cc2c3c4c(cc5c6c4c4c7c8c9c(cc(C)c%10c9c4c3c1-%10)CC8=CC1(C=C5)C(CCCC(=O)OC)(c3ccccc3)C671)C2. The van der Waals surface area contributed by atoms with E-state index in [1.165, 1.54) is 101 Å². The Morgan fingerprint density at radius 1 is 0.851 bits per heavy atom. The summed E-state index contributed by atoms with van der Waals surface area (Å²) in [7, 11) is 1.52. The molecule has 6 aromatic carbocycles. The zero-order chi connectivity index (χ0) is 30.9. The number of rotatable bonds is 6. The van der Waals surface area contributed by atoms with Crippen LogP contribution in [0.1, 0.15) is 74.9 Å². The smallest absolute Gasteiger partial charge is 0.305 e. The predicted octanol–water partition coefficient (Wildman–Crippen LogP) is 10.00. The van der Waals surface area contributed by atoms with Gasteiger partial charge in [0.25, 0.3) is 0 Å². The first-order valence-electron chi connectivity index (χ1n) is 17.3. The fourth-order valence-electron chi connectivity index (χ4n) is 13.0. The van der Waals surface area contributed by atoms with E-state index >= 15 is 0 Å². The molecule has 47 heavy (non-hydrogen) atoms. The molecule has 0 heterocycles. The van der Waals surface area contributed by atoms with Crippen molar-refractivity contribution in [3.8, 4) is 11.1 Å². The van der Waals surface area contributed by atoms with Crippen LogP contribution in [0.15, 0.2) is 67.3 Å². The second-order valence-electron chi connectivity index (χ2n) is 15.4. The van der Waals surface area contributed by atoms with Crippen LogP contribution in [0.25, 0.3) is 71.9 Å². The van der Waals surface area contributed by atoms with Crippen LogP contribution in [-0.2, 0) is 33.2 Å². The topological polar surface area (TPSA) is 26.3 Å². The van der Waals surface area contributed by atoms with E-state index in [2.05, 4.69) is 86.3 Å². The lowest BCUT2D eigenvalue weighted by atomic mass is 9.70. The summed E-state index contributed by atoms with van der Waals surface area (Å²) >= 11 is 0. The number of aryl methyl sites for hydroxylation is 1. The number of fused-ring (bicyclic) bond motifs is 1. The highest BCUT2D eigenvalue weighted by Crippen LogP contribution is 2.91. The minimum atomic E-state index is -0.202. The fraction of sp³-hybridized carbons (Fsp3) is 0.222. The quantitative estimate of drug-likeness (QED) is 0.140. The van der Waals surface area contributed by atoms with Crippen LogP contribution in [-0.4, -0.2) is 13.1 Å². The minimum absolute atomic E-state index is 0.115. The van der Waals surface area contributed by atoms with E-state index in [1.54, 1.807) is 21.9 Å². The lowest BCUT2D eigenvalue weighted by molar-refractivity contribution is -0.140. The summed E-state index contributed by atoms with van der Waals surface area (Å²) in [6.07, 6.45) is 14.1. The minimum Gasteiger partial charge on any atom is -0.469 e. The van der Waals surface area contributed by atoms with E-state index in [1.807, 2.05) is 0 Å². The van der Waals surface area contributed by atoms with Crippen molar-refractivity contribution in [1.29, 1.82) is 0 Å². The monoisotopic (exact) mass is 602 g/mol. The van der Waals surface area contributed by atoms with Crippen molar-refractivity contribution >= 4 is 66.8 Å². The van der Waals surface area contributed by atoms with Crippen molar-refractivity contribution in [3.05, 3.63) is 123 Å². The first kappa shape index (κ1) is 24.3. The number of hydrogen-bond donors (Lipinski definition) is 0. The van der Waals surface area contributed by atoms with Crippen LogP contribution in [0.5, 0.6) is 0 Å². The Bertz CT molecular complexity index is 2790. The van der Waals surface area contributed by atoms with E-state index in [0.29, 0.717) is 6.42 Å². The number of carbonyl (C=O) groups excluding carboxylic acids is 1. The van der Waals surface area contributed by atoms with Gasteiger partial charge >= 0.3 is 5.97 Å². The molecule has 3 unspecified atom stereocenters. The molecule has 0 aromatic heterocycles. The van der Waals surface area contributed by atoms with E-state index in [-0.39, 0.29) is 22.2 Å². The highest BCUT2D eigenvalue weighted by atomic mass is 16.5. The van der Waals surface area contributed by atoms with E-state index in [9.17, 15) is 4.79 Å². The molecule has 13 rings (SSSR count).